The SMILES string of the molecule is COCCN1C(=O)N[C@](C)(c2ccc(Cl)s2)C1=O. The molecule has 0 unspecified atom stereocenters. The van der Waals surface area contributed by atoms with Gasteiger partial charge in [-0.1, -0.05) is 11.6 Å². The van der Waals surface area contributed by atoms with Gasteiger partial charge in [-0.3, -0.25) is 9.69 Å². The fourth-order valence-electron chi connectivity index (χ4n) is 1.83. The van der Waals surface area contributed by atoms with Crippen LogP contribution < -0.4 is 5.32 Å². The van der Waals surface area contributed by atoms with Gasteiger partial charge in [0.15, 0.2) is 5.54 Å². The molecule has 98 valence electrons. The van der Waals surface area contributed by atoms with Crippen molar-refractivity contribution in [1.82, 2.24) is 10.2 Å². The minimum absolute atomic E-state index is 0.246. The molecule has 1 aliphatic rings. The van der Waals surface area contributed by atoms with Gasteiger partial charge in [-0.25, -0.2) is 4.79 Å². The van der Waals surface area contributed by atoms with Crippen LogP contribution in [-0.4, -0.2) is 37.1 Å². The molecule has 0 bridgehead atoms. The second-order valence-corrected chi connectivity index (χ2v) is 5.82. The van der Waals surface area contributed by atoms with Crippen molar-refractivity contribution in [3.63, 3.8) is 0 Å². The van der Waals surface area contributed by atoms with Crippen LogP contribution in [0.15, 0.2) is 12.1 Å². The molecule has 1 fully saturated rings. The average molecular weight is 289 g/mol. The van der Waals surface area contributed by atoms with Crippen molar-refractivity contribution in [1.29, 1.82) is 0 Å². The number of urea groups is 1. The summed E-state index contributed by atoms with van der Waals surface area (Å²) in [4.78, 5) is 26.0. The number of thiophene rings is 1. The lowest BCUT2D eigenvalue weighted by molar-refractivity contribution is -0.131. The first-order valence-electron chi connectivity index (χ1n) is 5.38. The van der Waals surface area contributed by atoms with Gasteiger partial charge in [-0.15, -0.1) is 11.3 Å². The molecule has 1 aromatic heterocycles. The number of nitrogens with one attached hydrogen (secondary N) is 1. The summed E-state index contributed by atoms with van der Waals surface area (Å²) >= 11 is 7.15. The number of rotatable bonds is 4. The molecule has 1 N–H and O–H groups in total. The number of imide groups is 1. The zero-order valence-corrected chi connectivity index (χ0v) is 11.6. The Morgan fingerprint density at radius 3 is 2.78 bits per heavy atom. The lowest BCUT2D eigenvalue weighted by Gasteiger charge is -2.19. The summed E-state index contributed by atoms with van der Waals surface area (Å²) in [5.41, 5.74) is -1.03. The van der Waals surface area contributed by atoms with E-state index in [0.29, 0.717) is 10.9 Å². The van der Waals surface area contributed by atoms with Crippen molar-refractivity contribution in [3.05, 3.63) is 21.3 Å². The number of methoxy groups -OCH3 is 1. The van der Waals surface area contributed by atoms with Gasteiger partial charge in [0.1, 0.15) is 0 Å². The number of carbonyl (C=O) groups is 2. The van der Waals surface area contributed by atoms with Crippen molar-refractivity contribution in [2.75, 3.05) is 20.3 Å². The minimum Gasteiger partial charge on any atom is -0.383 e. The largest absolute Gasteiger partial charge is 0.383 e. The predicted molar refractivity (Wildman–Crippen MR) is 68.8 cm³/mol. The second-order valence-electron chi connectivity index (χ2n) is 4.11. The molecular weight excluding hydrogens is 276 g/mol. The average Bonchev–Trinajstić information content (AvgIpc) is 2.83. The van der Waals surface area contributed by atoms with Gasteiger partial charge < -0.3 is 10.1 Å². The molecule has 5 nitrogen and oxygen atoms in total. The predicted octanol–water partition coefficient (Wildman–Crippen LogP) is 1.81. The molecule has 0 radical (unpaired) electrons. The normalized spacial score (nSPS) is 23.6. The van der Waals surface area contributed by atoms with Crippen LogP contribution in [0.5, 0.6) is 0 Å². The molecule has 7 heteroatoms. The lowest BCUT2D eigenvalue weighted by Crippen LogP contribution is -2.40. The van der Waals surface area contributed by atoms with Gasteiger partial charge >= 0.3 is 6.03 Å². The maximum atomic E-state index is 12.3. The number of amides is 3. The van der Waals surface area contributed by atoms with Crippen LogP contribution in [0.1, 0.15) is 11.8 Å². The zero-order valence-electron chi connectivity index (χ0n) is 10.0. The molecule has 2 heterocycles. The molecule has 3 amide bonds. The van der Waals surface area contributed by atoms with Gasteiger partial charge in [-0.2, -0.15) is 0 Å². The van der Waals surface area contributed by atoms with E-state index in [4.69, 9.17) is 16.3 Å². The fraction of sp³-hybridized carbons (Fsp3) is 0.455. The second kappa shape index (κ2) is 4.87. The van der Waals surface area contributed by atoms with E-state index in [1.54, 1.807) is 19.1 Å². The van der Waals surface area contributed by atoms with E-state index in [1.165, 1.54) is 18.4 Å². The quantitative estimate of drug-likeness (QED) is 0.860. The summed E-state index contributed by atoms with van der Waals surface area (Å²) in [6.45, 7) is 2.25. The van der Waals surface area contributed by atoms with E-state index >= 15 is 0 Å². The molecular formula is C11H13ClN2O3S. The Bertz CT molecular complexity index is 490. The van der Waals surface area contributed by atoms with Crippen molar-refractivity contribution in [3.8, 4) is 0 Å². The van der Waals surface area contributed by atoms with E-state index in [-0.39, 0.29) is 12.5 Å². The highest BCUT2D eigenvalue weighted by Crippen LogP contribution is 2.35. The van der Waals surface area contributed by atoms with Crippen molar-refractivity contribution in [2.24, 2.45) is 0 Å². The van der Waals surface area contributed by atoms with E-state index < -0.39 is 11.6 Å². The van der Waals surface area contributed by atoms with E-state index in [9.17, 15) is 9.59 Å². The maximum Gasteiger partial charge on any atom is 0.325 e. The molecule has 2 rings (SSSR count). The van der Waals surface area contributed by atoms with Crippen LogP contribution in [0.25, 0.3) is 0 Å². The maximum absolute atomic E-state index is 12.3. The van der Waals surface area contributed by atoms with Gasteiger partial charge in [0.25, 0.3) is 5.91 Å². The molecule has 0 saturated carbocycles. The number of nitrogens with zero attached hydrogens (tertiary/aromatic N) is 1. The Labute approximate surface area is 114 Å². The van der Waals surface area contributed by atoms with E-state index in [2.05, 4.69) is 5.32 Å². The van der Waals surface area contributed by atoms with E-state index in [0.717, 1.165) is 9.78 Å². The van der Waals surface area contributed by atoms with Gasteiger partial charge in [0.05, 0.1) is 17.5 Å². The molecule has 1 atom stereocenters. The number of carbonyl (C=O) groups excluding carboxylic acids is 2. The van der Waals surface area contributed by atoms with Crippen LogP contribution in [0.3, 0.4) is 0 Å². The van der Waals surface area contributed by atoms with Gasteiger partial charge in [0.2, 0.25) is 0 Å². The first kappa shape index (κ1) is 13.3. The smallest absolute Gasteiger partial charge is 0.325 e. The highest BCUT2D eigenvalue weighted by atomic mass is 35.5. The van der Waals surface area contributed by atoms with Crippen molar-refractivity contribution < 1.29 is 14.3 Å². The van der Waals surface area contributed by atoms with Crippen LogP contribution in [0.4, 0.5) is 4.79 Å². The monoisotopic (exact) mass is 288 g/mol. The Kier molecular flexibility index (Phi) is 3.61. The highest BCUT2D eigenvalue weighted by Gasteiger charge is 2.49. The summed E-state index contributed by atoms with van der Waals surface area (Å²) in [7, 11) is 1.52. The first-order chi connectivity index (χ1) is 8.49. The third-order valence-electron chi connectivity index (χ3n) is 2.86. The number of hydrogen-bond donors (Lipinski definition) is 1. The Hall–Kier alpha value is -1.11. The molecule has 1 saturated heterocycles. The highest BCUT2D eigenvalue weighted by molar-refractivity contribution is 7.16. The van der Waals surface area contributed by atoms with Crippen molar-refractivity contribution in [2.45, 2.75) is 12.5 Å². The lowest BCUT2D eigenvalue weighted by atomic mass is 10.0. The number of halogens is 1. The molecule has 1 aromatic rings. The number of ether oxygens (including phenoxy) is 1. The topological polar surface area (TPSA) is 58.6 Å². The van der Waals surface area contributed by atoms with Crippen molar-refractivity contribution >= 4 is 34.9 Å². The molecule has 1 aliphatic heterocycles. The third kappa shape index (κ3) is 2.11. The van der Waals surface area contributed by atoms with Crippen LogP contribution >= 0.6 is 22.9 Å². The van der Waals surface area contributed by atoms with Gasteiger partial charge in [0, 0.05) is 12.0 Å². The summed E-state index contributed by atoms with van der Waals surface area (Å²) in [5.74, 6) is -0.275. The zero-order chi connectivity index (χ0) is 13.3. The first-order valence-corrected chi connectivity index (χ1v) is 6.57. The fourth-order valence-corrected chi connectivity index (χ4v) is 2.97. The summed E-state index contributed by atoms with van der Waals surface area (Å²) in [6.07, 6.45) is 0. The molecule has 18 heavy (non-hydrogen) atoms. The van der Waals surface area contributed by atoms with Crippen LogP contribution in [0.2, 0.25) is 4.34 Å². The Morgan fingerprint density at radius 2 is 2.22 bits per heavy atom. The summed E-state index contributed by atoms with van der Waals surface area (Å²) in [6, 6.07) is 3.07. The standard InChI is InChI=1S/C11H13ClN2O3S/c1-11(7-3-4-8(12)18-7)9(15)14(5-6-17-2)10(16)13-11/h3-4H,5-6H2,1-2H3,(H,13,16)/t11-/m1/s1. The van der Waals surface area contributed by atoms with E-state index in [1.807, 2.05) is 0 Å². The Balaban J connectivity index is 2.25. The summed E-state index contributed by atoms with van der Waals surface area (Å²) < 4.78 is 5.47. The molecule has 0 aromatic carbocycles. The molecule has 0 spiro atoms. The van der Waals surface area contributed by atoms with Crippen LogP contribution in [0, 0.1) is 0 Å². The molecule has 0 aliphatic carbocycles. The minimum atomic E-state index is -1.03. The Morgan fingerprint density at radius 1 is 1.50 bits per heavy atom. The third-order valence-corrected chi connectivity index (χ3v) is 4.31. The number of hydrogen-bond acceptors (Lipinski definition) is 4. The van der Waals surface area contributed by atoms with Crippen LogP contribution in [-0.2, 0) is 15.1 Å². The summed E-state index contributed by atoms with van der Waals surface area (Å²) in [5, 5.41) is 2.70. The van der Waals surface area contributed by atoms with Gasteiger partial charge in [-0.05, 0) is 19.1 Å².